The molecule has 4 bridgehead atoms. The zero-order valence-electron chi connectivity index (χ0n) is 13.0. The lowest BCUT2D eigenvalue weighted by molar-refractivity contribution is -0.127. The van der Waals surface area contributed by atoms with Crippen LogP contribution in [0.15, 0.2) is 0 Å². The molecule has 4 N–H and O–H groups in total. The quantitative estimate of drug-likeness (QED) is 0.738. The standard InChI is InChI=1S/C16H27N3O2/c1-9(18-15(17)21)14(20)19-10(2)16-6-11-3-12(7-16)5-13(4-11)8-16/h9-13H,3-8H2,1-2H3,(H,19,20)(H3,17,18,21)/t9-,10-,11?,12?,13?,16?/m0/s1. The normalized spacial score (nSPS) is 39.6. The minimum Gasteiger partial charge on any atom is -0.352 e. The highest BCUT2D eigenvalue weighted by atomic mass is 16.2. The van der Waals surface area contributed by atoms with Crippen LogP contribution in [0.4, 0.5) is 4.79 Å². The first-order valence-electron chi connectivity index (χ1n) is 8.24. The van der Waals surface area contributed by atoms with Crippen LogP contribution >= 0.6 is 0 Å². The van der Waals surface area contributed by atoms with Gasteiger partial charge >= 0.3 is 6.03 Å². The van der Waals surface area contributed by atoms with Gasteiger partial charge in [0.15, 0.2) is 0 Å². The molecule has 4 aliphatic rings. The molecule has 4 aliphatic carbocycles. The van der Waals surface area contributed by atoms with E-state index in [4.69, 9.17) is 5.73 Å². The molecule has 4 rings (SSSR count). The van der Waals surface area contributed by atoms with E-state index in [-0.39, 0.29) is 17.4 Å². The Bertz CT molecular complexity index is 414. The average molecular weight is 293 g/mol. The first-order valence-corrected chi connectivity index (χ1v) is 8.24. The van der Waals surface area contributed by atoms with Crippen LogP contribution < -0.4 is 16.4 Å². The van der Waals surface area contributed by atoms with Crippen LogP contribution in [-0.4, -0.2) is 24.0 Å². The van der Waals surface area contributed by atoms with Crippen molar-refractivity contribution in [3.8, 4) is 0 Å². The Morgan fingerprint density at radius 1 is 1.00 bits per heavy atom. The van der Waals surface area contributed by atoms with Crippen molar-refractivity contribution in [3.63, 3.8) is 0 Å². The topological polar surface area (TPSA) is 84.2 Å². The van der Waals surface area contributed by atoms with Crippen molar-refractivity contribution in [3.05, 3.63) is 0 Å². The van der Waals surface area contributed by atoms with E-state index in [1.807, 2.05) is 0 Å². The lowest BCUT2D eigenvalue weighted by Crippen LogP contribution is -2.58. The van der Waals surface area contributed by atoms with Crippen molar-refractivity contribution in [2.24, 2.45) is 28.9 Å². The maximum absolute atomic E-state index is 12.2. The summed E-state index contributed by atoms with van der Waals surface area (Å²) in [7, 11) is 0. The SMILES string of the molecule is C[C@H](NC(N)=O)C(=O)N[C@@H](C)C12CC3CC(CC(C3)C1)C2. The van der Waals surface area contributed by atoms with Gasteiger partial charge in [-0.1, -0.05) is 0 Å². The summed E-state index contributed by atoms with van der Waals surface area (Å²) >= 11 is 0. The second kappa shape index (κ2) is 5.18. The monoisotopic (exact) mass is 293 g/mol. The molecule has 3 amide bonds. The van der Waals surface area contributed by atoms with Crippen LogP contribution in [-0.2, 0) is 4.79 Å². The Labute approximate surface area is 126 Å². The molecule has 5 heteroatoms. The number of amides is 3. The fourth-order valence-corrected chi connectivity index (χ4v) is 5.48. The van der Waals surface area contributed by atoms with Crippen LogP contribution in [0, 0.1) is 23.2 Å². The molecule has 0 radical (unpaired) electrons. The number of carbonyl (C=O) groups is 2. The summed E-state index contributed by atoms with van der Waals surface area (Å²) in [6.07, 6.45) is 7.99. The van der Waals surface area contributed by atoms with Crippen molar-refractivity contribution in [1.82, 2.24) is 10.6 Å². The van der Waals surface area contributed by atoms with Gasteiger partial charge in [0, 0.05) is 6.04 Å². The van der Waals surface area contributed by atoms with Gasteiger partial charge < -0.3 is 16.4 Å². The minimum absolute atomic E-state index is 0.128. The van der Waals surface area contributed by atoms with Crippen LogP contribution in [0.25, 0.3) is 0 Å². The molecule has 118 valence electrons. The van der Waals surface area contributed by atoms with Crippen molar-refractivity contribution in [2.45, 2.75) is 64.5 Å². The van der Waals surface area contributed by atoms with Gasteiger partial charge in [0.05, 0.1) is 0 Å². The van der Waals surface area contributed by atoms with Crippen LogP contribution in [0.5, 0.6) is 0 Å². The predicted octanol–water partition coefficient (Wildman–Crippen LogP) is 1.76. The van der Waals surface area contributed by atoms with E-state index < -0.39 is 12.1 Å². The Morgan fingerprint density at radius 2 is 1.48 bits per heavy atom. The summed E-state index contributed by atoms with van der Waals surface area (Å²) in [4.78, 5) is 23.1. The number of rotatable bonds is 4. The highest BCUT2D eigenvalue weighted by molar-refractivity contribution is 5.86. The van der Waals surface area contributed by atoms with E-state index in [2.05, 4.69) is 17.6 Å². The minimum atomic E-state index is -0.653. The van der Waals surface area contributed by atoms with Gasteiger partial charge in [-0.3, -0.25) is 4.79 Å². The van der Waals surface area contributed by atoms with Crippen LogP contribution in [0.1, 0.15) is 52.4 Å². The zero-order chi connectivity index (χ0) is 15.2. The molecule has 0 unspecified atom stereocenters. The molecular formula is C16H27N3O2. The summed E-state index contributed by atoms with van der Waals surface area (Å²) in [6, 6.07) is -1.05. The number of nitrogens with one attached hydrogen (secondary N) is 2. The molecule has 0 saturated heterocycles. The van der Waals surface area contributed by atoms with Crippen LogP contribution in [0.3, 0.4) is 0 Å². The van der Waals surface area contributed by atoms with E-state index in [0.29, 0.717) is 0 Å². The molecule has 21 heavy (non-hydrogen) atoms. The molecule has 0 aromatic heterocycles. The number of urea groups is 1. The molecule has 0 aromatic carbocycles. The Kier molecular flexibility index (Phi) is 3.62. The fraction of sp³-hybridized carbons (Fsp3) is 0.875. The Morgan fingerprint density at radius 3 is 1.90 bits per heavy atom. The number of hydrogen-bond acceptors (Lipinski definition) is 2. The lowest BCUT2D eigenvalue weighted by Gasteiger charge is -2.59. The van der Waals surface area contributed by atoms with Crippen molar-refractivity contribution >= 4 is 11.9 Å². The molecule has 0 heterocycles. The first kappa shape index (κ1) is 14.7. The van der Waals surface area contributed by atoms with Crippen LogP contribution in [0.2, 0.25) is 0 Å². The largest absolute Gasteiger partial charge is 0.352 e. The molecule has 0 aliphatic heterocycles. The van der Waals surface area contributed by atoms with Gasteiger partial charge in [0.1, 0.15) is 6.04 Å². The number of hydrogen-bond donors (Lipinski definition) is 3. The van der Waals surface area contributed by atoms with Gasteiger partial charge in [-0.2, -0.15) is 0 Å². The fourth-order valence-electron chi connectivity index (χ4n) is 5.48. The molecule has 4 fully saturated rings. The van der Waals surface area contributed by atoms with Gasteiger partial charge in [0.25, 0.3) is 0 Å². The number of carbonyl (C=O) groups excluding carboxylic acids is 2. The molecule has 5 nitrogen and oxygen atoms in total. The lowest BCUT2D eigenvalue weighted by atomic mass is 9.48. The van der Waals surface area contributed by atoms with Gasteiger partial charge in [-0.15, -0.1) is 0 Å². The third kappa shape index (κ3) is 2.74. The van der Waals surface area contributed by atoms with Crippen molar-refractivity contribution in [2.75, 3.05) is 0 Å². The zero-order valence-corrected chi connectivity index (χ0v) is 13.0. The average Bonchev–Trinajstić information content (AvgIpc) is 2.35. The summed E-state index contributed by atoms with van der Waals surface area (Å²) in [6.45, 7) is 3.81. The maximum atomic E-state index is 12.2. The predicted molar refractivity (Wildman–Crippen MR) is 80.4 cm³/mol. The molecule has 0 aromatic rings. The summed E-state index contributed by atoms with van der Waals surface area (Å²) < 4.78 is 0. The second-order valence-electron chi connectivity index (χ2n) is 7.74. The van der Waals surface area contributed by atoms with Gasteiger partial charge in [-0.25, -0.2) is 4.79 Å². The smallest absolute Gasteiger partial charge is 0.312 e. The third-order valence-electron chi connectivity index (χ3n) is 6.11. The molecule has 0 spiro atoms. The highest BCUT2D eigenvalue weighted by Gasteiger charge is 2.53. The van der Waals surface area contributed by atoms with Gasteiger partial charge in [0.2, 0.25) is 5.91 Å². The Hall–Kier alpha value is -1.26. The van der Waals surface area contributed by atoms with Crippen molar-refractivity contribution < 1.29 is 9.59 Å². The Balaban J connectivity index is 1.64. The summed E-state index contributed by atoms with van der Waals surface area (Å²) in [5.74, 6) is 2.49. The van der Waals surface area contributed by atoms with E-state index >= 15 is 0 Å². The first-order chi connectivity index (χ1) is 9.88. The van der Waals surface area contributed by atoms with E-state index in [0.717, 1.165) is 17.8 Å². The van der Waals surface area contributed by atoms with E-state index in [1.54, 1.807) is 6.92 Å². The molecular weight excluding hydrogens is 266 g/mol. The number of nitrogens with two attached hydrogens (primary N) is 1. The number of primary amides is 1. The molecule has 4 saturated carbocycles. The highest BCUT2D eigenvalue weighted by Crippen LogP contribution is 2.61. The van der Waals surface area contributed by atoms with E-state index in [9.17, 15) is 9.59 Å². The summed E-state index contributed by atoms with van der Waals surface area (Å²) in [5, 5.41) is 5.58. The van der Waals surface area contributed by atoms with Gasteiger partial charge in [-0.05, 0) is 75.5 Å². The molecule has 2 atom stereocenters. The summed E-state index contributed by atoms with van der Waals surface area (Å²) in [5.41, 5.74) is 5.37. The van der Waals surface area contributed by atoms with Crippen molar-refractivity contribution in [1.29, 1.82) is 0 Å². The van der Waals surface area contributed by atoms with E-state index in [1.165, 1.54) is 38.5 Å². The second-order valence-corrected chi connectivity index (χ2v) is 7.74. The third-order valence-corrected chi connectivity index (χ3v) is 6.11. The maximum Gasteiger partial charge on any atom is 0.312 e.